The van der Waals surface area contributed by atoms with Gasteiger partial charge in [0.05, 0.1) is 23.1 Å². The largest absolute Gasteiger partial charge is 0.395 e. The van der Waals surface area contributed by atoms with Crippen LogP contribution in [0.25, 0.3) is 0 Å². The third-order valence-electron chi connectivity index (χ3n) is 3.37. The average Bonchev–Trinajstić information content (AvgIpc) is 2.36. The molecule has 0 aliphatic heterocycles. The van der Waals surface area contributed by atoms with E-state index in [0.717, 1.165) is 19.3 Å². The Morgan fingerprint density at radius 2 is 2.16 bits per heavy atom. The molecule has 1 aromatic carbocycles. The highest BCUT2D eigenvalue weighted by molar-refractivity contribution is 7.89. The maximum Gasteiger partial charge on any atom is 0.243 e. The number of benzene rings is 1. The van der Waals surface area contributed by atoms with Crippen molar-refractivity contribution in [2.24, 2.45) is 0 Å². The van der Waals surface area contributed by atoms with Gasteiger partial charge in [0.25, 0.3) is 0 Å². The molecular formula is C13H16N2O3S. The molecule has 0 heterocycles. The van der Waals surface area contributed by atoms with Gasteiger partial charge in [0.1, 0.15) is 0 Å². The topological polar surface area (TPSA) is 81.4 Å². The zero-order chi connectivity index (χ0) is 13.9. The van der Waals surface area contributed by atoms with Crippen molar-refractivity contribution >= 4 is 10.0 Å². The average molecular weight is 280 g/mol. The fourth-order valence-corrected chi connectivity index (χ4v) is 3.86. The zero-order valence-corrected chi connectivity index (χ0v) is 11.3. The highest BCUT2D eigenvalue weighted by Crippen LogP contribution is 2.29. The molecule has 0 unspecified atom stereocenters. The van der Waals surface area contributed by atoms with E-state index in [1.165, 1.54) is 16.4 Å². The lowest BCUT2D eigenvalue weighted by molar-refractivity contribution is 0.178. The van der Waals surface area contributed by atoms with Gasteiger partial charge in [-0.15, -0.1) is 0 Å². The fraction of sp³-hybridized carbons (Fsp3) is 0.462. The number of aliphatic hydroxyl groups is 1. The Morgan fingerprint density at radius 1 is 1.42 bits per heavy atom. The number of sulfonamides is 1. The predicted octanol–water partition coefficient (Wildman–Crippen LogP) is 1.09. The first-order chi connectivity index (χ1) is 9.09. The molecule has 0 spiro atoms. The SMILES string of the molecule is N#Cc1cccc(S(=O)(=O)N(CCO)C2CCC2)c1. The van der Waals surface area contributed by atoms with Gasteiger partial charge < -0.3 is 5.11 Å². The lowest BCUT2D eigenvalue weighted by Gasteiger charge is -2.36. The second kappa shape index (κ2) is 5.70. The molecule has 1 N–H and O–H groups in total. The van der Waals surface area contributed by atoms with Crippen molar-refractivity contribution in [2.75, 3.05) is 13.2 Å². The van der Waals surface area contributed by atoms with Crippen molar-refractivity contribution in [1.82, 2.24) is 4.31 Å². The van der Waals surface area contributed by atoms with Crippen LogP contribution in [0.5, 0.6) is 0 Å². The van der Waals surface area contributed by atoms with E-state index < -0.39 is 10.0 Å². The van der Waals surface area contributed by atoms with Crippen LogP contribution in [0.3, 0.4) is 0 Å². The number of nitrogens with zero attached hydrogens (tertiary/aromatic N) is 2. The van der Waals surface area contributed by atoms with Crippen molar-refractivity contribution < 1.29 is 13.5 Å². The van der Waals surface area contributed by atoms with E-state index in [4.69, 9.17) is 10.4 Å². The Balaban J connectivity index is 2.35. The van der Waals surface area contributed by atoms with Gasteiger partial charge in [-0.1, -0.05) is 12.5 Å². The second-order valence-corrected chi connectivity index (χ2v) is 6.45. The van der Waals surface area contributed by atoms with Crippen LogP contribution in [0, 0.1) is 11.3 Å². The first-order valence-electron chi connectivity index (χ1n) is 6.22. The van der Waals surface area contributed by atoms with Crippen molar-refractivity contribution in [3.8, 4) is 6.07 Å². The minimum atomic E-state index is -3.63. The van der Waals surface area contributed by atoms with Gasteiger partial charge in [0, 0.05) is 12.6 Å². The summed E-state index contributed by atoms with van der Waals surface area (Å²) in [5.74, 6) is 0. The first kappa shape index (κ1) is 14.0. The maximum atomic E-state index is 12.5. The number of rotatable bonds is 5. The van der Waals surface area contributed by atoms with Crippen molar-refractivity contribution in [3.05, 3.63) is 29.8 Å². The lowest BCUT2D eigenvalue weighted by atomic mass is 9.93. The summed E-state index contributed by atoms with van der Waals surface area (Å²) in [5, 5.41) is 17.9. The Kier molecular flexibility index (Phi) is 4.20. The number of aliphatic hydroxyl groups excluding tert-OH is 1. The Morgan fingerprint density at radius 3 is 2.68 bits per heavy atom. The van der Waals surface area contributed by atoms with Gasteiger partial charge >= 0.3 is 0 Å². The summed E-state index contributed by atoms with van der Waals surface area (Å²) in [6.45, 7) is -0.0998. The van der Waals surface area contributed by atoms with Gasteiger partial charge in [0.2, 0.25) is 10.0 Å². The Hall–Kier alpha value is -1.42. The van der Waals surface area contributed by atoms with Gasteiger partial charge in [-0.2, -0.15) is 9.57 Å². The molecule has 1 aliphatic carbocycles. The van der Waals surface area contributed by atoms with Crippen LogP contribution in [0.4, 0.5) is 0 Å². The molecule has 0 aromatic heterocycles. The monoisotopic (exact) mass is 280 g/mol. The molecule has 0 radical (unpaired) electrons. The summed E-state index contributed by atoms with van der Waals surface area (Å²) in [4.78, 5) is 0.117. The highest BCUT2D eigenvalue weighted by Gasteiger charge is 2.34. The predicted molar refractivity (Wildman–Crippen MR) is 69.8 cm³/mol. The van der Waals surface area contributed by atoms with Crippen LogP contribution in [-0.4, -0.2) is 37.0 Å². The van der Waals surface area contributed by atoms with Crippen molar-refractivity contribution in [2.45, 2.75) is 30.2 Å². The van der Waals surface area contributed by atoms with Crippen LogP contribution >= 0.6 is 0 Å². The summed E-state index contributed by atoms with van der Waals surface area (Å²) in [7, 11) is -3.63. The van der Waals surface area contributed by atoms with Crippen LogP contribution in [0.15, 0.2) is 29.2 Å². The van der Waals surface area contributed by atoms with Gasteiger partial charge in [-0.05, 0) is 31.0 Å². The minimum Gasteiger partial charge on any atom is -0.395 e. The van der Waals surface area contributed by atoms with Crippen LogP contribution in [0.1, 0.15) is 24.8 Å². The number of nitriles is 1. The zero-order valence-electron chi connectivity index (χ0n) is 10.5. The van der Waals surface area contributed by atoms with Gasteiger partial charge in [-0.25, -0.2) is 8.42 Å². The minimum absolute atomic E-state index is 0.0251. The van der Waals surface area contributed by atoms with Gasteiger partial charge in [-0.3, -0.25) is 0 Å². The normalized spacial score (nSPS) is 16.1. The van der Waals surface area contributed by atoms with E-state index >= 15 is 0 Å². The van der Waals surface area contributed by atoms with E-state index in [0.29, 0.717) is 5.56 Å². The molecule has 0 atom stereocenters. The molecular weight excluding hydrogens is 264 g/mol. The third kappa shape index (κ3) is 2.78. The molecule has 0 bridgehead atoms. The molecule has 0 saturated heterocycles. The molecule has 1 fully saturated rings. The third-order valence-corrected chi connectivity index (χ3v) is 5.32. The lowest BCUT2D eigenvalue weighted by Crippen LogP contribution is -2.45. The molecule has 6 heteroatoms. The van der Waals surface area contributed by atoms with Crippen LogP contribution < -0.4 is 0 Å². The summed E-state index contributed by atoms with van der Waals surface area (Å²) in [5.41, 5.74) is 0.318. The van der Waals surface area contributed by atoms with Gasteiger partial charge in [0.15, 0.2) is 0 Å². The summed E-state index contributed by atoms with van der Waals surface area (Å²) >= 11 is 0. The van der Waals surface area contributed by atoms with E-state index in [2.05, 4.69) is 0 Å². The molecule has 5 nitrogen and oxygen atoms in total. The summed E-state index contributed by atoms with van der Waals surface area (Å²) in [6, 6.07) is 7.90. The molecule has 19 heavy (non-hydrogen) atoms. The molecule has 1 saturated carbocycles. The van der Waals surface area contributed by atoms with E-state index in [1.54, 1.807) is 12.1 Å². The second-order valence-electron chi connectivity index (χ2n) is 4.56. The summed E-state index contributed by atoms with van der Waals surface area (Å²) in [6.07, 6.45) is 2.68. The molecule has 0 amide bonds. The fourth-order valence-electron chi connectivity index (χ4n) is 2.13. The quantitative estimate of drug-likeness (QED) is 0.875. The standard InChI is InChI=1S/C13H16N2O3S/c14-10-11-3-1-6-13(9-11)19(17,18)15(7-8-16)12-4-2-5-12/h1,3,6,9,12,16H,2,4-5,7-8H2. The summed E-state index contributed by atoms with van der Waals surface area (Å²) < 4.78 is 26.4. The highest BCUT2D eigenvalue weighted by atomic mass is 32.2. The molecule has 102 valence electrons. The van der Waals surface area contributed by atoms with Crippen LogP contribution in [-0.2, 0) is 10.0 Å². The molecule has 1 aliphatic rings. The van der Waals surface area contributed by atoms with Crippen LogP contribution in [0.2, 0.25) is 0 Å². The Labute approximate surface area is 113 Å². The molecule has 1 aromatic rings. The molecule has 2 rings (SSSR count). The van der Waals surface area contributed by atoms with E-state index in [9.17, 15) is 8.42 Å². The maximum absolute atomic E-state index is 12.5. The Bertz CT molecular complexity index is 588. The number of hydrogen-bond donors (Lipinski definition) is 1. The van der Waals surface area contributed by atoms with E-state index in [-0.39, 0.29) is 24.1 Å². The number of hydrogen-bond acceptors (Lipinski definition) is 4. The van der Waals surface area contributed by atoms with E-state index in [1.807, 2.05) is 6.07 Å². The first-order valence-corrected chi connectivity index (χ1v) is 7.66. The van der Waals surface area contributed by atoms with Crippen molar-refractivity contribution in [3.63, 3.8) is 0 Å². The van der Waals surface area contributed by atoms with Crippen molar-refractivity contribution in [1.29, 1.82) is 5.26 Å². The smallest absolute Gasteiger partial charge is 0.243 e.